The van der Waals surface area contributed by atoms with E-state index in [-0.39, 0.29) is 0 Å². The van der Waals surface area contributed by atoms with Crippen molar-refractivity contribution in [2.75, 3.05) is 25.2 Å². The Morgan fingerprint density at radius 2 is 2.39 bits per heavy atom. The van der Waals surface area contributed by atoms with Gasteiger partial charge in [0, 0.05) is 31.6 Å². The topological polar surface area (TPSA) is 37.4 Å². The number of likely N-dealkylation sites (N-methyl/N-ethyl adjacent to an activating group) is 1. The third-order valence-electron chi connectivity index (χ3n) is 3.22. The van der Waals surface area contributed by atoms with Gasteiger partial charge in [-0.05, 0) is 26.7 Å². The number of rotatable bonds is 8. The van der Waals surface area contributed by atoms with Crippen LogP contribution in [0.2, 0.25) is 0 Å². The number of hydrogen-bond acceptors (Lipinski definition) is 5. The smallest absolute Gasteiger partial charge is 0.185 e. The molecule has 1 saturated carbocycles. The second-order valence-electron chi connectivity index (χ2n) is 4.87. The molecule has 102 valence electrons. The average molecular weight is 269 g/mol. The number of thiazole rings is 1. The van der Waals surface area contributed by atoms with Gasteiger partial charge >= 0.3 is 0 Å². The summed E-state index contributed by atoms with van der Waals surface area (Å²) < 4.78 is 5.22. The van der Waals surface area contributed by atoms with Crippen molar-refractivity contribution in [3.8, 4) is 0 Å². The van der Waals surface area contributed by atoms with Crippen molar-refractivity contribution in [1.82, 2.24) is 10.3 Å². The third kappa shape index (κ3) is 3.67. The average Bonchev–Trinajstić information content (AvgIpc) is 3.08. The van der Waals surface area contributed by atoms with E-state index in [2.05, 4.69) is 29.4 Å². The van der Waals surface area contributed by atoms with Crippen molar-refractivity contribution in [3.05, 3.63) is 11.1 Å². The Hall–Kier alpha value is -0.650. The Balaban J connectivity index is 1.92. The van der Waals surface area contributed by atoms with E-state index < -0.39 is 0 Å². The van der Waals surface area contributed by atoms with Crippen LogP contribution in [0.1, 0.15) is 32.4 Å². The number of aromatic nitrogens is 1. The van der Waals surface area contributed by atoms with Gasteiger partial charge in [-0.15, -0.1) is 11.3 Å². The van der Waals surface area contributed by atoms with Crippen LogP contribution in [0.3, 0.4) is 0 Å². The minimum absolute atomic E-state index is 0.371. The van der Waals surface area contributed by atoms with Crippen molar-refractivity contribution in [3.63, 3.8) is 0 Å². The summed E-state index contributed by atoms with van der Waals surface area (Å²) in [6.07, 6.45) is 2.64. The number of nitrogens with one attached hydrogen (secondary N) is 1. The molecule has 1 aliphatic rings. The predicted molar refractivity (Wildman–Crippen MR) is 76.3 cm³/mol. The summed E-state index contributed by atoms with van der Waals surface area (Å²) >= 11 is 1.73. The maximum absolute atomic E-state index is 5.22. The van der Waals surface area contributed by atoms with Gasteiger partial charge in [-0.25, -0.2) is 4.98 Å². The van der Waals surface area contributed by atoms with Gasteiger partial charge in [0.15, 0.2) is 5.13 Å². The zero-order valence-electron chi connectivity index (χ0n) is 11.5. The molecule has 1 N–H and O–H groups in total. The highest BCUT2D eigenvalue weighted by Crippen LogP contribution is 2.24. The first-order valence-corrected chi connectivity index (χ1v) is 7.56. The van der Waals surface area contributed by atoms with Gasteiger partial charge in [-0.3, -0.25) is 0 Å². The van der Waals surface area contributed by atoms with Gasteiger partial charge in [0.1, 0.15) is 0 Å². The zero-order valence-corrected chi connectivity index (χ0v) is 12.3. The maximum Gasteiger partial charge on any atom is 0.185 e. The molecule has 0 radical (unpaired) electrons. The quantitative estimate of drug-likeness (QED) is 0.785. The predicted octanol–water partition coefficient (Wildman–Crippen LogP) is 2.26. The molecular weight excluding hydrogens is 246 g/mol. The van der Waals surface area contributed by atoms with Crippen molar-refractivity contribution in [2.45, 2.75) is 45.3 Å². The fourth-order valence-corrected chi connectivity index (χ4v) is 3.00. The highest BCUT2D eigenvalue weighted by Gasteiger charge is 2.21. The number of nitrogens with zero attached hydrogens (tertiary/aromatic N) is 2. The number of hydrogen-bond donors (Lipinski definition) is 1. The largest absolute Gasteiger partial charge is 0.383 e. The zero-order chi connectivity index (χ0) is 13.0. The lowest BCUT2D eigenvalue weighted by Crippen LogP contribution is -2.36. The van der Waals surface area contributed by atoms with Crippen LogP contribution in [0.4, 0.5) is 5.13 Å². The van der Waals surface area contributed by atoms with Crippen molar-refractivity contribution in [1.29, 1.82) is 0 Å². The van der Waals surface area contributed by atoms with E-state index in [0.717, 1.165) is 36.6 Å². The van der Waals surface area contributed by atoms with E-state index in [1.165, 1.54) is 12.8 Å². The summed E-state index contributed by atoms with van der Waals surface area (Å²) in [5, 5.41) is 6.76. The molecule has 4 nitrogen and oxygen atoms in total. The Bertz CT molecular complexity index is 365. The van der Waals surface area contributed by atoms with E-state index in [1.807, 2.05) is 0 Å². The summed E-state index contributed by atoms with van der Waals surface area (Å²) in [6.45, 7) is 6.94. The second-order valence-corrected chi connectivity index (χ2v) is 5.70. The Labute approximate surface area is 113 Å². The van der Waals surface area contributed by atoms with E-state index >= 15 is 0 Å². The fraction of sp³-hybridized carbons (Fsp3) is 0.769. The molecule has 0 spiro atoms. The summed E-state index contributed by atoms with van der Waals surface area (Å²) in [6, 6.07) is 1.11. The monoisotopic (exact) mass is 269 g/mol. The molecule has 1 aromatic heterocycles. The van der Waals surface area contributed by atoms with Crippen LogP contribution in [0.5, 0.6) is 0 Å². The molecule has 0 bridgehead atoms. The molecule has 0 amide bonds. The van der Waals surface area contributed by atoms with Crippen LogP contribution >= 0.6 is 11.3 Å². The van der Waals surface area contributed by atoms with E-state index in [0.29, 0.717) is 6.04 Å². The molecule has 1 unspecified atom stereocenters. The number of anilines is 1. The van der Waals surface area contributed by atoms with E-state index in [4.69, 9.17) is 9.72 Å². The van der Waals surface area contributed by atoms with Crippen LogP contribution in [0, 0.1) is 0 Å². The summed E-state index contributed by atoms with van der Waals surface area (Å²) in [5.41, 5.74) is 1.16. The van der Waals surface area contributed by atoms with E-state index in [1.54, 1.807) is 18.4 Å². The number of methoxy groups -OCH3 is 1. The fourth-order valence-electron chi connectivity index (χ4n) is 2.01. The van der Waals surface area contributed by atoms with Gasteiger partial charge in [-0.1, -0.05) is 0 Å². The Kier molecular flexibility index (Phi) is 4.97. The molecule has 18 heavy (non-hydrogen) atoms. The minimum Gasteiger partial charge on any atom is -0.383 e. The van der Waals surface area contributed by atoms with Crippen LogP contribution in [-0.4, -0.2) is 37.3 Å². The molecule has 1 aromatic rings. The van der Waals surface area contributed by atoms with Crippen molar-refractivity contribution < 1.29 is 4.74 Å². The molecule has 1 fully saturated rings. The lowest BCUT2D eigenvalue weighted by molar-refractivity contribution is 0.182. The molecular formula is C13H23N3OS. The lowest BCUT2D eigenvalue weighted by Gasteiger charge is -2.26. The van der Waals surface area contributed by atoms with Crippen LogP contribution in [0.15, 0.2) is 5.38 Å². The summed E-state index contributed by atoms with van der Waals surface area (Å²) in [7, 11) is 1.75. The number of ether oxygens (including phenoxy) is 1. The summed E-state index contributed by atoms with van der Waals surface area (Å²) in [5.74, 6) is 0. The standard InChI is InChI=1S/C13H23N3OS/c1-4-16(10(2)8-17-3)13-15-12(9-18-13)7-14-11-5-6-11/h9-11,14H,4-8H2,1-3H3. The highest BCUT2D eigenvalue weighted by atomic mass is 32.1. The molecule has 0 aliphatic heterocycles. The third-order valence-corrected chi connectivity index (χ3v) is 4.14. The second kappa shape index (κ2) is 6.50. The maximum atomic E-state index is 5.22. The van der Waals surface area contributed by atoms with Crippen LogP contribution in [0.25, 0.3) is 0 Å². The van der Waals surface area contributed by atoms with Gasteiger partial charge in [0.25, 0.3) is 0 Å². The molecule has 1 aliphatic carbocycles. The molecule has 0 aromatic carbocycles. The minimum atomic E-state index is 0.371. The first-order chi connectivity index (χ1) is 8.74. The van der Waals surface area contributed by atoms with Gasteiger partial charge in [0.2, 0.25) is 0 Å². The highest BCUT2D eigenvalue weighted by molar-refractivity contribution is 7.13. The molecule has 0 saturated heterocycles. The summed E-state index contributed by atoms with van der Waals surface area (Å²) in [4.78, 5) is 7.01. The molecule has 1 atom stereocenters. The molecule has 2 rings (SSSR count). The molecule has 1 heterocycles. The Morgan fingerprint density at radius 1 is 1.61 bits per heavy atom. The van der Waals surface area contributed by atoms with Crippen molar-refractivity contribution in [2.24, 2.45) is 0 Å². The SMILES string of the molecule is CCN(c1nc(CNC2CC2)cs1)C(C)COC. The van der Waals surface area contributed by atoms with Gasteiger partial charge in [0.05, 0.1) is 18.3 Å². The van der Waals surface area contributed by atoms with Gasteiger partial charge in [-0.2, -0.15) is 0 Å². The van der Waals surface area contributed by atoms with Crippen LogP contribution in [-0.2, 0) is 11.3 Å². The van der Waals surface area contributed by atoms with Crippen molar-refractivity contribution >= 4 is 16.5 Å². The normalized spacial score (nSPS) is 16.8. The Morgan fingerprint density at radius 3 is 3.00 bits per heavy atom. The lowest BCUT2D eigenvalue weighted by atomic mass is 10.3. The van der Waals surface area contributed by atoms with E-state index in [9.17, 15) is 0 Å². The first-order valence-electron chi connectivity index (χ1n) is 6.68. The van der Waals surface area contributed by atoms with Gasteiger partial charge < -0.3 is 15.0 Å². The van der Waals surface area contributed by atoms with Crippen LogP contribution < -0.4 is 10.2 Å². The molecule has 5 heteroatoms. The first kappa shape index (κ1) is 13.8.